The van der Waals surface area contributed by atoms with Gasteiger partial charge in [0.15, 0.2) is 6.61 Å². The number of anilines is 1. The first-order valence-corrected chi connectivity index (χ1v) is 14.5. The number of nitrogens with one attached hydrogen (secondary N) is 1. The molecule has 0 atom stereocenters. The van der Waals surface area contributed by atoms with E-state index in [4.69, 9.17) is 19.3 Å². The minimum atomic E-state index is -1.24. The summed E-state index contributed by atoms with van der Waals surface area (Å²) in [5, 5.41) is 8.61. The molecule has 226 valence electrons. The van der Waals surface area contributed by atoms with E-state index in [1.54, 1.807) is 31.3 Å². The highest BCUT2D eigenvalue weighted by Gasteiger charge is 2.43. The molecule has 2 aliphatic rings. The maximum absolute atomic E-state index is 11.7. The SMILES string of the molecule is CNOB(OCC(=O)OCC(=O)O)c1ccc(OCc2ccc(CN3CCC4(CC3)CN(C)c3ccccc34)cc2)cc1. The molecule has 11 heteroatoms. The Kier molecular flexibility index (Phi) is 9.99. The van der Waals surface area contributed by atoms with Crippen molar-refractivity contribution in [2.75, 3.05) is 51.8 Å². The van der Waals surface area contributed by atoms with Crippen LogP contribution in [0, 0.1) is 0 Å². The minimum absolute atomic E-state index is 0.284. The van der Waals surface area contributed by atoms with Gasteiger partial charge >= 0.3 is 19.1 Å². The highest BCUT2D eigenvalue weighted by atomic mass is 16.7. The second-order valence-electron chi connectivity index (χ2n) is 11.1. The summed E-state index contributed by atoms with van der Waals surface area (Å²) >= 11 is 0. The number of carboxylic acid groups (broad SMARTS) is 1. The predicted molar refractivity (Wildman–Crippen MR) is 163 cm³/mol. The van der Waals surface area contributed by atoms with Gasteiger partial charge in [0.25, 0.3) is 0 Å². The Balaban J connectivity index is 1.07. The smallest absolute Gasteiger partial charge is 0.489 e. The van der Waals surface area contributed by atoms with Gasteiger partial charge in [0.2, 0.25) is 0 Å². The molecule has 1 spiro atoms. The highest BCUT2D eigenvalue weighted by molar-refractivity contribution is 6.61. The molecular formula is C32H38BN3O7. The van der Waals surface area contributed by atoms with E-state index in [2.05, 4.69) is 75.6 Å². The molecule has 0 amide bonds. The summed E-state index contributed by atoms with van der Waals surface area (Å²) in [6.07, 6.45) is 2.37. The summed E-state index contributed by atoms with van der Waals surface area (Å²) in [7, 11) is 2.88. The topological polar surface area (TPSA) is 110 Å². The van der Waals surface area contributed by atoms with E-state index in [9.17, 15) is 9.59 Å². The summed E-state index contributed by atoms with van der Waals surface area (Å²) < 4.78 is 21.3. The van der Waals surface area contributed by atoms with Crippen molar-refractivity contribution < 1.29 is 33.6 Å². The Morgan fingerprint density at radius 1 is 0.953 bits per heavy atom. The maximum atomic E-state index is 11.7. The molecule has 1 saturated heterocycles. The monoisotopic (exact) mass is 587 g/mol. The molecule has 0 saturated carbocycles. The number of likely N-dealkylation sites (tertiary alicyclic amines) is 1. The fraction of sp³-hybridized carbons (Fsp3) is 0.375. The van der Waals surface area contributed by atoms with Crippen molar-refractivity contribution in [1.82, 2.24) is 10.4 Å². The van der Waals surface area contributed by atoms with Crippen LogP contribution in [0.15, 0.2) is 72.8 Å². The first-order valence-electron chi connectivity index (χ1n) is 14.5. The number of para-hydroxylation sites is 1. The lowest BCUT2D eigenvalue weighted by Crippen LogP contribution is -2.44. The van der Waals surface area contributed by atoms with Crippen LogP contribution in [0.1, 0.15) is 29.5 Å². The molecule has 0 unspecified atom stereocenters. The van der Waals surface area contributed by atoms with Crippen molar-refractivity contribution in [3.63, 3.8) is 0 Å². The quantitative estimate of drug-likeness (QED) is 0.176. The summed E-state index contributed by atoms with van der Waals surface area (Å²) in [4.78, 5) is 27.2. The molecule has 2 heterocycles. The van der Waals surface area contributed by atoms with Gasteiger partial charge in [0, 0.05) is 38.3 Å². The Labute approximate surface area is 252 Å². The number of carbonyl (C=O) groups is 2. The Morgan fingerprint density at radius 3 is 2.35 bits per heavy atom. The van der Waals surface area contributed by atoms with Gasteiger partial charge in [0.1, 0.15) is 19.0 Å². The molecule has 0 aromatic heterocycles. The van der Waals surface area contributed by atoms with Gasteiger partial charge in [-0.25, -0.2) is 15.1 Å². The molecule has 1 fully saturated rings. The summed E-state index contributed by atoms with van der Waals surface area (Å²) in [6, 6.07) is 24.6. The molecule has 43 heavy (non-hydrogen) atoms. The number of aliphatic carboxylic acids is 1. The molecule has 5 rings (SSSR count). The molecule has 2 aliphatic heterocycles. The largest absolute Gasteiger partial charge is 0.511 e. The van der Waals surface area contributed by atoms with Crippen LogP contribution in [0.5, 0.6) is 5.75 Å². The van der Waals surface area contributed by atoms with Crippen molar-refractivity contribution in [2.45, 2.75) is 31.4 Å². The first kappa shape index (κ1) is 30.6. The average Bonchev–Trinajstić information content (AvgIpc) is 3.30. The number of hydrogen-bond donors (Lipinski definition) is 2. The number of hydroxylamine groups is 1. The number of rotatable bonds is 13. The van der Waals surface area contributed by atoms with E-state index in [0.717, 1.165) is 31.7 Å². The van der Waals surface area contributed by atoms with Crippen LogP contribution in [0.3, 0.4) is 0 Å². The number of nitrogens with zero attached hydrogens (tertiary/aromatic N) is 2. The van der Waals surface area contributed by atoms with Gasteiger partial charge < -0.3 is 28.9 Å². The number of ether oxygens (including phenoxy) is 2. The third kappa shape index (κ3) is 7.74. The van der Waals surface area contributed by atoms with Crippen LogP contribution in [0.25, 0.3) is 0 Å². The van der Waals surface area contributed by atoms with Crippen molar-refractivity contribution in [3.05, 3.63) is 89.5 Å². The van der Waals surface area contributed by atoms with Crippen LogP contribution < -0.4 is 20.6 Å². The first-order chi connectivity index (χ1) is 20.8. The van der Waals surface area contributed by atoms with Gasteiger partial charge in [-0.3, -0.25) is 4.90 Å². The molecular weight excluding hydrogens is 549 g/mol. The predicted octanol–water partition coefficient (Wildman–Crippen LogP) is 2.74. The Bertz CT molecular complexity index is 1380. The average molecular weight is 587 g/mol. The van der Waals surface area contributed by atoms with E-state index in [0.29, 0.717) is 17.8 Å². The minimum Gasteiger partial charge on any atom is -0.489 e. The van der Waals surface area contributed by atoms with Crippen LogP contribution >= 0.6 is 0 Å². The third-order valence-electron chi connectivity index (χ3n) is 8.16. The highest BCUT2D eigenvalue weighted by Crippen LogP contribution is 2.46. The lowest BCUT2D eigenvalue weighted by atomic mass is 9.74. The van der Waals surface area contributed by atoms with Crippen LogP contribution in [-0.2, 0) is 42.3 Å². The number of benzene rings is 3. The third-order valence-corrected chi connectivity index (χ3v) is 8.16. The van der Waals surface area contributed by atoms with Gasteiger partial charge in [-0.15, -0.1) is 0 Å². The van der Waals surface area contributed by atoms with E-state index in [1.165, 1.54) is 29.7 Å². The number of fused-ring (bicyclic) bond motifs is 2. The standard InChI is InChI=1S/C32H38BN3O7/c1-34-43-33(42-22-31(39)41-21-30(37)38)26-11-13-27(14-12-26)40-20-25-9-7-24(8-10-25)19-36-17-15-32(16-18-36)23-35(2)29-6-4-3-5-28(29)32/h3-14,34H,15-23H2,1-2H3,(H,37,38). The number of likely N-dealkylation sites (N-methyl/N-ethyl adjacent to an activating group) is 1. The zero-order chi connectivity index (χ0) is 30.2. The molecule has 0 radical (unpaired) electrons. The molecule has 10 nitrogen and oxygen atoms in total. The lowest BCUT2D eigenvalue weighted by Gasteiger charge is -2.40. The van der Waals surface area contributed by atoms with E-state index >= 15 is 0 Å². The second kappa shape index (κ2) is 14.1. The van der Waals surface area contributed by atoms with E-state index < -0.39 is 32.3 Å². The van der Waals surface area contributed by atoms with Crippen molar-refractivity contribution in [3.8, 4) is 5.75 Å². The normalized spacial score (nSPS) is 15.7. The van der Waals surface area contributed by atoms with Gasteiger partial charge in [-0.1, -0.05) is 54.6 Å². The van der Waals surface area contributed by atoms with Crippen LogP contribution in [0.2, 0.25) is 0 Å². The maximum Gasteiger partial charge on any atom is 0.511 e. The van der Waals surface area contributed by atoms with Crippen molar-refractivity contribution in [2.24, 2.45) is 0 Å². The molecule has 3 aromatic carbocycles. The summed E-state index contributed by atoms with van der Waals surface area (Å²) in [5.41, 5.74) is 8.76. The fourth-order valence-electron chi connectivity index (χ4n) is 5.97. The van der Waals surface area contributed by atoms with Crippen LogP contribution in [0.4, 0.5) is 5.69 Å². The number of carbonyl (C=O) groups excluding carboxylic acids is 1. The zero-order valence-electron chi connectivity index (χ0n) is 24.7. The summed E-state index contributed by atoms with van der Waals surface area (Å²) in [6.45, 7) is 3.51. The van der Waals surface area contributed by atoms with Gasteiger partial charge in [-0.05, 0) is 66.3 Å². The number of carboxylic acids is 1. The second-order valence-corrected chi connectivity index (χ2v) is 11.1. The molecule has 0 aliphatic carbocycles. The van der Waals surface area contributed by atoms with E-state index in [-0.39, 0.29) is 5.41 Å². The van der Waals surface area contributed by atoms with Crippen molar-refractivity contribution >= 4 is 30.2 Å². The number of hydrogen-bond acceptors (Lipinski definition) is 9. The molecule has 0 bridgehead atoms. The fourth-order valence-corrected chi connectivity index (χ4v) is 5.97. The van der Waals surface area contributed by atoms with Gasteiger partial charge in [-0.2, -0.15) is 0 Å². The Hall–Kier alpha value is -3.90. The van der Waals surface area contributed by atoms with Crippen molar-refractivity contribution in [1.29, 1.82) is 0 Å². The molecule has 2 N–H and O–H groups in total. The molecule has 3 aromatic rings. The Morgan fingerprint density at radius 2 is 1.65 bits per heavy atom. The van der Waals surface area contributed by atoms with Crippen LogP contribution in [-0.4, -0.2) is 76.0 Å². The summed E-state index contributed by atoms with van der Waals surface area (Å²) in [5.74, 6) is -1.36. The number of piperidine rings is 1. The number of esters is 1. The van der Waals surface area contributed by atoms with Gasteiger partial charge in [0.05, 0.1) is 0 Å². The lowest BCUT2D eigenvalue weighted by molar-refractivity contribution is -0.156. The zero-order valence-corrected chi connectivity index (χ0v) is 24.7. The van der Waals surface area contributed by atoms with E-state index in [1.807, 2.05) is 0 Å².